The highest BCUT2D eigenvalue weighted by atomic mass is 32.2. The summed E-state index contributed by atoms with van der Waals surface area (Å²) in [5.41, 5.74) is 1.66. The third kappa shape index (κ3) is 2.97. The third-order valence-corrected chi connectivity index (χ3v) is 5.77. The van der Waals surface area contributed by atoms with Gasteiger partial charge in [-0.1, -0.05) is 18.6 Å². The maximum absolute atomic E-state index is 12.7. The van der Waals surface area contributed by atoms with Gasteiger partial charge in [0.1, 0.15) is 0 Å². The van der Waals surface area contributed by atoms with Gasteiger partial charge in [-0.15, -0.1) is 0 Å². The number of aliphatic hydroxyl groups excluding tert-OH is 1. The van der Waals surface area contributed by atoms with Crippen LogP contribution in [0.5, 0.6) is 0 Å². The lowest BCUT2D eigenvalue weighted by Gasteiger charge is -2.36. The van der Waals surface area contributed by atoms with E-state index in [0.717, 1.165) is 24.8 Å². The summed E-state index contributed by atoms with van der Waals surface area (Å²) in [6.07, 6.45) is 2.53. The first-order valence-electron chi connectivity index (χ1n) is 6.90. The van der Waals surface area contributed by atoms with Crippen molar-refractivity contribution in [2.45, 2.75) is 32.2 Å². The van der Waals surface area contributed by atoms with Crippen LogP contribution in [0.3, 0.4) is 0 Å². The first-order chi connectivity index (χ1) is 9.46. The standard InChI is InChI=1S/C14H22N2O3S/c1-12-6-5-8-13(10-12)15(2)20(18,19)16-9-4-3-7-14(16)11-17/h5-6,8,10,14,17H,3-4,7,9,11H2,1-2H3. The fraction of sp³-hybridized carbons (Fsp3) is 0.571. The molecule has 1 saturated heterocycles. The van der Waals surface area contributed by atoms with E-state index < -0.39 is 10.2 Å². The summed E-state index contributed by atoms with van der Waals surface area (Å²) in [7, 11) is -2.02. The average molecular weight is 298 g/mol. The Morgan fingerprint density at radius 1 is 1.40 bits per heavy atom. The topological polar surface area (TPSA) is 60.9 Å². The normalized spacial score (nSPS) is 20.9. The van der Waals surface area contributed by atoms with E-state index in [1.165, 1.54) is 8.61 Å². The van der Waals surface area contributed by atoms with Crippen molar-refractivity contribution in [3.05, 3.63) is 29.8 Å². The van der Waals surface area contributed by atoms with Gasteiger partial charge in [0.25, 0.3) is 0 Å². The molecule has 112 valence electrons. The number of benzene rings is 1. The van der Waals surface area contributed by atoms with Crippen LogP contribution in [-0.4, -0.2) is 44.1 Å². The summed E-state index contributed by atoms with van der Waals surface area (Å²) in [5, 5.41) is 9.40. The molecule has 0 aromatic heterocycles. The third-order valence-electron chi connectivity index (χ3n) is 3.79. The van der Waals surface area contributed by atoms with Gasteiger partial charge >= 0.3 is 10.2 Å². The molecule has 0 bridgehead atoms. The van der Waals surface area contributed by atoms with Crippen LogP contribution < -0.4 is 4.31 Å². The van der Waals surface area contributed by atoms with Crippen molar-refractivity contribution >= 4 is 15.9 Å². The first-order valence-corrected chi connectivity index (χ1v) is 8.29. The monoisotopic (exact) mass is 298 g/mol. The Bertz CT molecular complexity index is 559. The molecule has 0 aliphatic carbocycles. The molecule has 0 spiro atoms. The van der Waals surface area contributed by atoms with Crippen molar-refractivity contribution < 1.29 is 13.5 Å². The molecule has 1 heterocycles. The number of rotatable bonds is 4. The zero-order chi connectivity index (χ0) is 14.8. The van der Waals surface area contributed by atoms with E-state index >= 15 is 0 Å². The van der Waals surface area contributed by atoms with Crippen molar-refractivity contribution in [1.29, 1.82) is 0 Å². The molecule has 0 radical (unpaired) electrons. The molecule has 0 saturated carbocycles. The molecule has 1 aliphatic rings. The summed E-state index contributed by atoms with van der Waals surface area (Å²) < 4.78 is 28.1. The molecule has 0 amide bonds. The second-order valence-electron chi connectivity index (χ2n) is 5.26. The van der Waals surface area contributed by atoms with Crippen LogP contribution in [0.2, 0.25) is 0 Å². The van der Waals surface area contributed by atoms with E-state index in [0.29, 0.717) is 12.2 Å². The quantitative estimate of drug-likeness (QED) is 0.917. The van der Waals surface area contributed by atoms with Crippen molar-refractivity contribution in [3.8, 4) is 0 Å². The highest BCUT2D eigenvalue weighted by Crippen LogP contribution is 2.25. The number of hydrogen-bond acceptors (Lipinski definition) is 3. The van der Waals surface area contributed by atoms with Gasteiger partial charge < -0.3 is 5.11 Å². The van der Waals surface area contributed by atoms with Gasteiger partial charge in [0.05, 0.1) is 12.3 Å². The van der Waals surface area contributed by atoms with Gasteiger partial charge in [-0.05, 0) is 37.5 Å². The summed E-state index contributed by atoms with van der Waals surface area (Å²) >= 11 is 0. The Balaban J connectivity index is 2.29. The lowest BCUT2D eigenvalue weighted by Crippen LogP contribution is -2.51. The summed E-state index contributed by atoms with van der Waals surface area (Å²) in [4.78, 5) is 0. The molecule has 1 unspecified atom stereocenters. The van der Waals surface area contributed by atoms with Gasteiger partial charge in [0, 0.05) is 19.6 Å². The Kier molecular flexibility index (Phi) is 4.67. The minimum absolute atomic E-state index is 0.124. The molecule has 1 fully saturated rings. The van der Waals surface area contributed by atoms with Crippen LogP contribution in [0.25, 0.3) is 0 Å². The van der Waals surface area contributed by atoms with E-state index in [1.807, 2.05) is 25.1 Å². The molecule has 1 aromatic carbocycles. The first kappa shape index (κ1) is 15.3. The van der Waals surface area contributed by atoms with E-state index in [9.17, 15) is 13.5 Å². The minimum Gasteiger partial charge on any atom is -0.395 e. The van der Waals surface area contributed by atoms with E-state index in [-0.39, 0.29) is 12.6 Å². The predicted octanol–water partition coefficient (Wildman–Crippen LogP) is 1.52. The predicted molar refractivity (Wildman–Crippen MR) is 79.9 cm³/mol. The second kappa shape index (κ2) is 6.11. The average Bonchev–Trinajstić information content (AvgIpc) is 2.46. The molecule has 5 nitrogen and oxygen atoms in total. The largest absolute Gasteiger partial charge is 0.395 e. The molecule has 1 aliphatic heterocycles. The molecule has 20 heavy (non-hydrogen) atoms. The van der Waals surface area contributed by atoms with Gasteiger partial charge in [0.15, 0.2) is 0 Å². The Hall–Kier alpha value is -1.11. The number of aryl methyl sites for hydroxylation is 1. The number of piperidine rings is 1. The summed E-state index contributed by atoms with van der Waals surface area (Å²) in [6, 6.07) is 7.09. The Morgan fingerprint density at radius 3 is 2.80 bits per heavy atom. The fourth-order valence-corrected chi connectivity index (χ4v) is 4.18. The lowest BCUT2D eigenvalue weighted by atomic mass is 10.1. The SMILES string of the molecule is Cc1cccc(N(C)S(=O)(=O)N2CCCCC2CO)c1. The van der Waals surface area contributed by atoms with Crippen LogP contribution >= 0.6 is 0 Å². The zero-order valence-electron chi connectivity index (χ0n) is 12.0. The molecule has 1 N–H and O–H groups in total. The lowest BCUT2D eigenvalue weighted by molar-refractivity contribution is 0.155. The van der Waals surface area contributed by atoms with Gasteiger partial charge in [-0.2, -0.15) is 12.7 Å². The van der Waals surface area contributed by atoms with Crippen LogP contribution in [0.1, 0.15) is 24.8 Å². The summed E-state index contributed by atoms with van der Waals surface area (Å²) in [5.74, 6) is 0. The maximum atomic E-state index is 12.7. The maximum Gasteiger partial charge on any atom is 0.304 e. The second-order valence-corrected chi connectivity index (χ2v) is 7.17. The van der Waals surface area contributed by atoms with E-state index in [4.69, 9.17) is 0 Å². The van der Waals surface area contributed by atoms with Crippen molar-refractivity contribution in [2.75, 3.05) is 24.5 Å². The van der Waals surface area contributed by atoms with Crippen molar-refractivity contribution in [1.82, 2.24) is 4.31 Å². The molecular weight excluding hydrogens is 276 g/mol. The van der Waals surface area contributed by atoms with Gasteiger partial charge in [-0.3, -0.25) is 4.31 Å². The highest BCUT2D eigenvalue weighted by molar-refractivity contribution is 7.90. The Labute approximate surface area is 121 Å². The van der Waals surface area contributed by atoms with Crippen LogP contribution in [0.15, 0.2) is 24.3 Å². The number of aliphatic hydroxyl groups is 1. The molecule has 1 aromatic rings. The van der Waals surface area contributed by atoms with Crippen LogP contribution in [0, 0.1) is 6.92 Å². The highest BCUT2D eigenvalue weighted by Gasteiger charge is 2.34. The van der Waals surface area contributed by atoms with Crippen molar-refractivity contribution in [3.63, 3.8) is 0 Å². The molecule has 2 rings (SSSR count). The smallest absolute Gasteiger partial charge is 0.304 e. The molecular formula is C14H22N2O3S. The van der Waals surface area contributed by atoms with E-state index in [1.54, 1.807) is 13.1 Å². The molecule has 1 atom stereocenters. The van der Waals surface area contributed by atoms with Crippen LogP contribution in [0.4, 0.5) is 5.69 Å². The molecule has 6 heteroatoms. The minimum atomic E-state index is -3.59. The number of nitrogens with zero attached hydrogens (tertiary/aromatic N) is 2. The van der Waals surface area contributed by atoms with Crippen molar-refractivity contribution in [2.24, 2.45) is 0 Å². The van der Waals surface area contributed by atoms with Gasteiger partial charge in [-0.25, -0.2) is 0 Å². The summed E-state index contributed by atoms with van der Waals surface area (Å²) in [6.45, 7) is 2.28. The Morgan fingerprint density at radius 2 is 2.15 bits per heavy atom. The number of anilines is 1. The van der Waals surface area contributed by atoms with Gasteiger partial charge in [0.2, 0.25) is 0 Å². The fourth-order valence-electron chi connectivity index (χ4n) is 2.57. The van der Waals surface area contributed by atoms with E-state index in [2.05, 4.69) is 0 Å². The van der Waals surface area contributed by atoms with Crippen LogP contribution in [-0.2, 0) is 10.2 Å². The number of hydrogen-bond donors (Lipinski definition) is 1. The zero-order valence-corrected chi connectivity index (χ0v) is 12.8.